The number of benzene rings is 1. The van der Waals surface area contributed by atoms with Crippen molar-refractivity contribution in [2.45, 2.75) is 20.4 Å². The van der Waals surface area contributed by atoms with Crippen molar-refractivity contribution in [1.82, 2.24) is 9.78 Å². The van der Waals surface area contributed by atoms with E-state index in [1.807, 2.05) is 38.1 Å². The summed E-state index contributed by atoms with van der Waals surface area (Å²) in [6.45, 7) is 4.19. The minimum Gasteiger partial charge on any atom is -0.496 e. The third-order valence-corrected chi connectivity index (χ3v) is 3.03. The Morgan fingerprint density at radius 3 is 2.75 bits per heavy atom. The molecule has 0 saturated heterocycles. The van der Waals surface area contributed by atoms with E-state index in [-0.39, 0.29) is 11.1 Å². The minimum absolute atomic E-state index is 0.0837. The number of aryl methyl sites for hydroxylation is 2. The molecule has 5 heteroatoms. The van der Waals surface area contributed by atoms with Gasteiger partial charge in [0, 0.05) is 12.1 Å². The van der Waals surface area contributed by atoms with E-state index < -0.39 is 0 Å². The van der Waals surface area contributed by atoms with Crippen LogP contribution in [0, 0.1) is 18.3 Å². The summed E-state index contributed by atoms with van der Waals surface area (Å²) < 4.78 is 6.61. The predicted molar refractivity (Wildman–Crippen MR) is 75.6 cm³/mol. The van der Waals surface area contributed by atoms with Crippen LogP contribution in [0.4, 0.5) is 0 Å². The summed E-state index contributed by atoms with van der Waals surface area (Å²) in [6.07, 6.45) is 0. The van der Waals surface area contributed by atoms with Gasteiger partial charge in [-0.1, -0.05) is 11.6 Å². The zero-order valence-corrected chi connectivity index (χ0v) is 11.7. The second kappa shape index (κ2) is 5.57. The number of nitriles is 1. The topological polar surface area (TPSA) is 67.9 Å². The molecule has 5 nitrogen and oxygen atoms in total. The number of hydrogen-bond acceptors (Lipinski definition) is 4. The molecule has 20 heavy (non-hydrogen) atoms. The van der Waals surface area contributed by atoms with Gasteiger partial charge in [0.25, 0.3) is 5.56 Å². The Balaban J connectivity index is 2.73. The van der Waals surface area contributed by atoms with Crippen LogP contribution >= 0.6 is 0 Å². The van der Waals surface area contributed by atoms with E-state index in [0.29, 0.717) is 18.0 Å². The first kappa shape index (κ1) is 13.8. The molecule has 0 aliphatic heterocycles. The van der Waals surface area contributed by atoms with Crippen LogP contribution < -0.4 is 10.3 Å². The smallest absolute Gasteiger partial charge is 0.284 e. The molecule has 0 radical (unpaired) electrons. The molecule has 0 aliphatic carbocycles. The van der Waals surface area contributed by atoms with Crippen molar-refractivity contribution in [3.63, 3.8) is 0 Å². The summed E-state index contributed by atoms with van der Waals surface area (Å²) >= 11 is 0. The number of ether oxygens (including phenoxy) is 1. The molecule has 2 rings (SSSR count). The first-order chi connectivity index (χ1) is 9.60. The third kappa shape index (κ3) is 2.41. The van der Waals surface area contributed by atoms with Crippen molar-refractivity contribution in [3.8, 4) is 23.1 Å². The molecule has 1 aromatic heterocycles. The molecule has 1 aromatic carbocycles. The van der Waals surface area contributed by atoms with Crippen LogP contribution in [-0.2, 0) is 6.54 Å². The van der Waals surface area contributed by atoms with E-state index in [4.69, 9.17) is 10.00 Å². The van der Waals surface area contributed by atoms with E-state index >= 15 is 0 Å². The molecule has 0 spiro atoms. The summed E-state index contributed by atoms with van der Waals surface area (Å²) in [5, 5.41) is 13.4. The van der Waals surface area contributed by atoms with Gasteiger partial charge >= 0.3 is 0 Å². The fraction of sp³-hybridized carbons (Fsp3) is 0.267. The van der Waals surface area contributed by atoms with E-state index in [9.17, 15) is 4.79 Å². The van der Waals surface area contributed by atoms with Crippen LogP contribution in [0.2, 0.25) is 0 Å². The van der Waals surface area contributed by atoms with Crippen molar-refractivity contribution in [1.29, 1.82) is 5.26 Å². The Morgan fingerprint density at radius 2 is 2.15 bits per heavy atom. The lowest BCUT2D eigenvalue weighted by molar-refractivity contribution is 0.416. The second-order valence-corrected chi connectivity index (χ2v) is 4.38. The summed E-state index contributed by atoms with van der Waals surface area (Å²) in [5.41, 5.74) is 2.09. The minimum atomic E-state index is -0.370. The zero-order valence-electron chi connectivity index (χ0n) is 11.7. The Labute approximate surface area is 117 Å². The maximum Gasteiger partial charge on any atom is 0.284 e. The Morgan fingerprint density at radius 1 is 1.40 bits per heavy atom. The molecule has 0 unspecified atom stereocenters. The highest BCUT2D eigenvalue weighted by atomic mass is 16.5. The summed E-state index contributed by atoms with van der Waals surface area (Å²) in [6, 6.07) is 9.13. The highest BCUT2D eigenvalue weighted by Crippen LogP contribution is 2.29. The highest BCUT2D eigenvalue weighted by Gasteiger charge is 2.12. The van der Waals surface area contributed by atoms with Crippen LogP contribution in [0.1, 0.15) is 18.1 Å². The van der Waals surface area contributed by atoms with Gasteiger partial charge in [-0.15, -0.1) is 0 Å². The molecule has 0 saturated carbocycles. The quantitative estimate of drug-likeness (QED) is 0.856. The van der Waals surface area contributed by atoms with Gasteiger partial charge in [0.1, 0.15) is 17.4 Å². The molecule has 1 heterocycles. The van der Waals surface area contributed by atoms with E-state index in [0.717, 1.165) is 11.1 Å². The first-order valence-electron chi connectivity index (χ1n) is 6.28. The molecule has 0 aliphatic rings. The molecule has 0 amide bonds. The molecule has 102 valence electrons. The van der Waals surface area contributed by atoms with Gasteiger partial charge in [-0.2, -0.15) is 10.4 Å². The van der Waals surface area contributed by atoms with Crippen LogP contribution in [0.3, 0.4) is 0 Å². The summed E-state index contributed by atoms with van der Waals surface area (Å²) in [7, 11) is 1.58. The normalized spacial score (nSPS) is 10.1. The average Bonchev–Trinajstić information content (AvgIpc) is 2.47. The van der Waals surface area contributed by atoms with Crippen LogP contribution in [0.15, 0.2) is 29.1 Å². The Hall–Kier alpha value is -2.61. The summed E-state index contributed by atoms with van der Waals surface area (Å²) in [5.74, 6) is 0.660. The average molecular weight is 269 g/mol. The fourth-order valence-electron chi connectivity index (χ4n) is 1.99. The van der Waals surface area contributed by atoms with Crippen molar-refractivity contribution >= 4 is 0 Å². The van der Waals surface area contributed by atoms with Crippen molar-refractivity contribution < 1.29 is 4.74 Å². The first-order valence-corrected chi connectivity index (χ1v) is 6.28. The molecule has 2 aromatic rings. The number of methoxy groups -OCH3 is 1. The van der Waals surface area contributed by atoms with Gasteiger partial charge in [-0.25, -0.2) is 4.68 Å². The third-order valence-electron chi connectivity index (χ3n) is 3.03. The molecular weight excluding hydrogens is 254 g/mol. The zero-order chi connectivity index (χ0) is 14.7. The second-order valence-electron chi connectivity index (χ2n) is 4.38. The maximum absolute atomic E-state index is 11.9. The molecule has 0 bridgehead atoms. The maximum atomic E-state index is 11.9. The largest absolute Gasteiger partial charge is 0.496 e. The monoisotopic (exact) mass is 269 g/mol. The lowest BCUT2D eigenvalue weighted by Gasteiger charge is -2.11. The molecular formula is C15H15N3O2. The SMILES string of the molecule is CCn1nc(-c2cc(C)ccc2OC)cc(C#N)c1=O. The van der Waals surface area contributed by atoms with Crippen molar-refractivity contribution in [3.05, 3.63) is 45.7 Å². The molecule has 0 fully saturated rings. The van der Waals surface area contributed by atoms with E-state index in [1.165, 1.54) is 10.7 Å². The Bertz CT molecular complexity index is 742. The number of aromatic nitrogens is 2. The number of nitrogens with zero attached hydrogens (tertiary/aromatic N) is 3. The van der Waals surface area contributed by atoms with Gasteiger partial charge in [-0.3, -0.25) is 4.79 Å². The molecule has 0 N–H and O–H groups in total. The fourth-order valence-corrected chi connectivity index (χ4v) is 1.99. The van der Waals surface area contributed by atoms with Gasteiger partial charge in [0.2, 0.25) is 0 Å². The number of rotatable bonds is 3. The lowest BCUT2D eigenvalue weighted by atomic mass is 10.1. The van der Waals surface area contributed by atoms with E-state index in [1.54, 1.807) is 7.11 Å². The summed E-state index contributed by atoms with van der Waals surface area (Å²) in [4.78, 5) is 11.9. The van der Waals surface area contributed by atoms with Gasteiger partial charge in [-0.05, 0) is 32.0 Å². The van der Waals surface area contributed by atoms with Crippen molar-refractivity contribution in [2.24, 2.45) is 0 Å². The van der Waals surface area contributed by atoms with Crippen LogP contribution in [-0.4, -0.2) is 16.9 Å². The number of hydrogen-bond donors (Lipinski definition) is 0. The standard InChI is InChI=1S/C15H15N3O2/c1-4-18-15(19)11(9-16)8-13(17-18)12-7-10(2)5-6-14(12)20-3/h5-8H,4H2,1-3H3. The van der Waals surface area contributed by atoms with Gasteiger partial charge in [0.15, 0.2) is 0 Å². The lowest BCUT2D eigenvalue weighted by Crippen LogP contribution is -2.24. The van der Waals surface area contributed by atoms with Crippen LogP contribution in [0.5, 0.6) is 5.75 Å². The van der Waals surface area contributed by atoms with Crippen LogP contribution in [0.25, 0.3) is 11.3 Å². The van der Waals surface area contributed by atoms with Gasteiger partial charge in [0.05, 0.1) is 12.8 Å². The van der Waals surface area contributed by atoms with Crippen molar-refractivity contribution in [2.75, 3.05) is 7.11 Å². The van der Waals surface area contributed by atoms with E-state index in [2.05, 4.69) is 5.10 Å². The highest BCUT2D eigenvalue weighted by molar-refractivity contribution is 5.68. The predicted octanol–water partition coefficient (Wildman–Crippen LogP) is 2.12. The van der Waals surface area contributed by atoms with Gasteiger partial charge < -0.3 is 4.74 Å². The molecule has 0 atom stereocenters. The Kier molecular flexibility index (Phi) is 3.85.